The van der Waals surface area contributed by atoms with E-state index in [0.29, 0.717) is 25.0 Å². The van der Waals surface area contributed by atoms with E-state index in [2.05, 4.69) is 29.0 Å². The van der Waals surface area contributed by atoms with E-state index < -0.39 is 5.97 Å². The van der Waals surface area contributed by atoms with Crippen molar-refractivity contribution in [2.45, 2.75) is 40.0 Å². The highest BCUT2D eigenvalue weighted by Gasteiger charge is 2.16. The zero-order valence-electron chi connectivity index (χ0n) is 12.0. The molecule has 0 fully saturated rings. The fraction of sp³-hybridized carbons (Fsp3) is 0.769. The Labute approximate surface area is 114 Å². The summed E-state index contributed by atoms with van der Waals surface area (Å²) in [5.41, 5.74) is 5.62. The predicted octanol–water partition coefficient (Wildman–Crippen LogP) is 1.54. The normalized spacial score (nSPS) is 12.7. The van der Waals surface area contributed by atoms with Crippen molar-refractivity contribution in [3.8, 4) is 0 Å². The van der Waals surface area contributed by atoms with Gasteiger partial charge in [0.15, 0.2) is 0 Å². The molecule has 1 atom stereocenters. The lowest BCUT2D eigenvalue weighted by atomic mass is 9.88. The lowest BCUT2D eigenvalue weighted by Crippen LogP contribution is -2.15. The van der Waals surface area contributed by atoms with Crippen molar-refractivity contribution in [2.75, 3.05) is 13.2 Å². The van der Waals surface area contributed by atoms with Crippen LogP contribution in [0.1, 0.15) is 50.1 Å². The maximum absolute atomic E-state index is 11.4. The fourth-order valence-electron chi connectivity index (χ4n) is 2.04. The molecule has 0 saturated carbocycles. The Kier molecular flexibility index (Phi) is 6.49. The minimum absolute atomic E-state index is 0.108. The van der Waals surface area contributed by atoms with Crippen LogP contribution in [0, 0.1) is 11.8 Å². The van der Waals surface area contributed by atoms with Crippen molar-refractivity contribution in [3.05, 3.63) is 11.6 Å². The minimum atomic E-state index is -0.479. The van der Waals surface area contributed by atoms with Gasteiger partial charge in [-0.05, 0) is 38.1 Å². The highest BCUT2D eigenvalue weighted by atomic mass is 16.5. The summed E-state index contributed by atoms with van der Waals surface area (Å²) in [5, 5.41) is 6.66. The zero-order valence-corrected chi connectivity index (χ0v) is 12.0. The van der Waals surface area contributed by atoms with Crippen molar-refractivity contribution >= 4 is 5.97 Å². The van der Waals surface area contributed by atoms with Crippen LogP contribution in [0.5, 0.6) is 0 Å². The molecule has 1 aromatic rings. The Morgan fingerprint density at radius 2 is 2.16 bits per heavy atom. The molecule has 19 heavy (non-hydrogen) atoms. The van der Waals surface area contributed by atoms with Crippen molar-refractivity contribution < 1.29 is 9.53 Å². The van der Waals surface area contributed by atoms with Gasteiger partial charge in [-0.15, -0.1) is 5.10 Å². The van der Waals surface area contributed by atoms with Gasteiger partial charge in [0.1, 0.15) is 5.82 Å². The van der Waals surface area contributed by atoms with Gasteiger partial charge >= 0.3 is 5.97 Å². The Balaban J connectivity index is 2.51. The quantitative estimate of drug-likeness (QED) is 0.697. The predicted molar refractivity (Wildman–Crippen MR) is 72.7 cm³/mol. The number of aromatic nitrogens is 3. The third kappa shape index (κ3) is 4.98. The molecule has 0 spiro atoms. The number of nitrogens with two attached hydrogens (primary N) is 1. The van der Waals surface area contributed by atoms with Gasteiger partial charge in [-0.1, -0.05) is 13.8 Å². The van der Waals surface area contributed by atoms with E-state index in [1.807, 2.05) is 0 Å². The Morgan fingerprint density at radius 3 is 2.74 bits per heavy atom. The number of carbonyl (C=O) groups excluding carboxylic acids is 1. The fourth-order valence-corrected chi connectivity index (χ4v) is 2.04. The molecular weight excluding hydrogens is 244 g/mol. The summed E-state index contributed by atoms with van der Waals surface area (Å²) in [5.74, 6) is 1.52. The molecule has 1 unspecified atom stereocenters. The number of carbonyl (C=O) groups is 1. The van der Waals surface area contributed by atoms with Crippen LogP contribution in [0.4, 0.5) is 0 Å². The third-order valence-corrected chi connectivity index (χ3v) is 3.22. The van der Waals surface area contributed by atoms with E-state index in [1.165, 1.54) is 0 Å². The van der Waals surface area contributed by atoms with E-state index in [0.717, 1.165) is 25.1 Å². The van der Waals surface area contributed by atoms with Crippen LogP contribution in [0.3, 0.4) is 0 Å². The Hall–Kier alpha value is -1.43. The summed E-state index contributed by atoms with van der Waals surface area (Å²) >= 11 is 0. The molecule has 1 aromatic heterocycles. The molecule has 3 N–H and O–H groups in total. The van der Waals surface area contributed by atoms with Crippen LogP contribution in [-0.4, -0.2) is 34.3 Å². The number of aryl methyl sites for hydroxylation is 1. The first-order valence-corrected chi connectivity index (χ1v) is 6.86. The van der Waals surface area contributed by atoms with E-state index >= 15 is 0 Å². The van der Waals surface area contributed by atoms with Crippen LogP contribution in [0.2, 0.25) is 0 Å². The summed E-state index contributed by atoms with van der Waals surface area (Å²) < 4.78 is 4.84. The first-order chi connectivity index (χ1) is 9.08. The van der Waals surface area contributed by atoms with Crippen LogP contribution >= 0.6 is 0 Å². The molecule has 6 heteroatoms. The first-order valence-electron chi connectivity index (χ1n) is 6.86. The van der Waals surface area contributed by atoms with E-state index in [1.54, 1.807) is 6.92 Å². The third-order valence-electron chi connectivity index (χ3n) is 3.22. The average Bonchev–Trinajstić information content (AvgIpc) is 2.83. The van der Waals surface area contributed by atoms with Gasteiger partial charge in [-0.3, -0.25) is 5.10 Å². The van der Waals surface area contributed by atoms with Crippen LogP contribution < -0.4 is 5.73 Å². The molecule has 108 valence electrons. The van der Waals surface area contributed by atoms with E-state index in [-0.39, 0.29) is 5.82 Å². The van der Waals surface area contributed by atoms with Crippen LogP contribution in [0.15, 0.2) is 0 Å². The van der Waals surface area contributed by atoms with E-state index in [9.17, 15) is 4.79 Å². The monoisotopic (exact) mass is 268 g/mol. The standard InChI is InChI=1S/C13H24N4O2/c1-4-19-13(18)12-15-11(16-17-12)6-5-10(7-8-14)9(2)3/h9-10H,4-8,14H2,1-3H3,(H,15,16,17). The van der Waals surface area contributed by atoms with Crippen molar-refractivity contribution in [3.63, 3.8) is 0 Å². The second kappa shape index (κ2) is 7.89. The zero-order chi connectivity index (χ0) is 14.3. The molecule has 0 aliphatic carbocycles. The largest absolute Gasteiger partial charge is 0.460 e. The maximum Gasteiger partial charge on any atom is 0.378 e. The van der Waals surface area contributed by atoms with Crippen LogP contribution in [0.25, 0.3) is 0 Å². The average molecular weight is 268 g/mol. The molecule has 1 heterocycles. The summed E-state index contributed by atoms with van der Waals surface area (Å²) in [7, 11) is 0. The van der Waals surface area contributed by atoms with Crippen molar-refractivity contribution in [2.24, 2.45) is 17.6 Å². The number of hydrogen-bond donors (Lipinski definition) is 2. The number of nitrogens with zero attached hydrogens (tertiary/aromatic N) is 2. The molecule has 0 saturated heterocycles. The number of hydrogen-bond acceptors (Lipinski definition) is 5. The number of H-pyrrole nitrogens is 1. The van der Waals surface area contributed by atoms with Gasteiger partial charge in [0.2, 0.25) is 0 Å². The number of nitrogens with one attached hydrogen (secondary N) is 1. The van der Waals surface area contributed by atoms with Gasteiger partial charge in [0.25, 0.3) is 5.82 Å². The molecule has 0 aliphatic heterocycles. The lowest BCUT2D eigenvalue weighted by molar-refractivity contribution is 0.0512. The molecule has 0 aliphatic rings. The lowest BCUT2D eigenvalue weighted by Gasteiger charge is -2.19. The number of esters is 1. The highest BCUT2D eigenvalue weighted by Crippen LogP contribution is 2.20. The number of ether oxygens (including phenoxy) is 1. The van der Waals surface area contributed by atoms with Gasteiger partial charge in [0.05, 0.1) is 6.61 Å². The van der Waals surface area contributed by atoms with Crippen molar-refractivity contribution in [1.29, 1.82) is 0 Å². The van der Waals surface area contributed by atoms with Gasteiger partial charge in [0, 0.05) is 6.42 Å². The first kappa shape index (κ1) is 15.6. The molecule has 0 aromatic carbocycles. The molecule has 0 radical (unpaired) electrons. The Bertz CT molecular complexity index is 390. The van der Waals surface area contributed by atoms with Gasteiger partial charge in [-0.25, -0.2) is 9.78 Å². The molecular formula is C13H24N4O2. The summed E-state index contributed by atoms with van der Waals surface area (Å²) in [6, 6.07) is 0. The minimum Gasteiger partial charge on any atom is -0.460 e. The highest BCUT2D eigenvalue weighted by molar-refractivity contribution is 5.84. The summed E-state index contributed by atoms with van der Waals surface area (Å²) in [6.07, 6.45) is 2.78. The van der Waals surface area contributed by atoms with Crippen LogP contribution in [-0.2, 0) is 11.2 Å². The molecule has 6 nitrogen and oxygen atoms in total. The Morgan fingerprint density at radius 1 is 1.42 bits per heavy atom. The number of rotatable bonds is 8. The molecule has 0 bridgehead atoms. The summed E-state index contributed by atoms with van der Waals surface area (Å²) in [4.78, 5) is 15.6. The molecule has 1 rings (SSSR count). The smallest absolute Gasteiger partial charge is 0.378 e. The molecule has 0 amide bonds. The van der Waals surface area contributed by atoms with Crippen molar-refractivity contribution in [1.82, 2.24) is 15.2 Å². The summed E-state index contributed by atoms with van der Waals surface area (Å²) in [6.45, 7) is 7.18. The second-order valence-electron chi connectivity index (χ2n) is 4.95. The topological polar surface area (TPSA) is 93.9 Å². The number of aromatic amines is 1. The second-order valence-corrected chi connectivity index (χ2v) is 4.95. The van der Waals surface area contributed by atoms with Gasteiger partial charge in [-0.2, -0.15) is 0 Å². The SMILES string of the molecule is CCOC(=O)c1n[nH]c(CCC(CCN)C(C)C)n1. The maximum atomic E-state index is 11.4. The van der Waals surface area contributed by atoms with E-state index in [4.69, 9.17) is 10.5 Å². The van der Waals surface area contributed by atoms with Gasteiger partial charge < -0.3 is 10.5 Å².